The van der Waals surface area contributed by atoms with Gasteiger partial charge in [-0.3, -0.25) is 4.79 Å². The van der Waals surface area contributed by atoms with Crippen molar-refractivity contribution in [2.45, 2.75) is 13.1 Å². The van der Waals surface area contributed by atoms with Gasteiger partial charge < -0.3 is 15.4 Å². The third kappa shape index (κ3) is 6.34. The molecule has 0 spiro atoms. The predicted octanol–water partition coefficient (Wildman–Crippen LogP) is 1.28. The largest absolute Gasteiger partial charge is 0.411 e. The van der Waals surface area contributed by atoms with E-state index in [0.717, 1.165) is 11.3 Å². The van der Waals surface area contributed by atoms with Crippen LogP contribution in [-0.2, 0) is 4.74 Å². The molecule has 1 aromatic rings. The Balaban J connectivity index is 2.23. The summed E-state index contributed by atoms with van der Waals surface area (Å²) in [6.45, 7) is 0.960. The molecule has 6 nitrogen and oxygen atoms in total. The molecule has 108 valence electrons. The van der Waals surface area contributed by atoms with E-state index in [4.69, 9.17) is 0 Å². The fraction of sp³-hybridized carbons (Fsp3) is 0.667. The molecule has 0 bridgehead atoms. The van der Waals surface area contributed by atoms with Crippen molar-refractivity contribution in [1.82, 2.24) is 15.5 Å². The Kier molecular flexibility index (Phi) is 5.96. The zero-order valence-electron chi connectivity index (χ0n) is 10.1. The van der Waals surface area contributed by atoms with Gasteiger partial charge >= 0.3 is 6.18 Å². The van der Waals surface area contributed by atoms with Crippen molar-refractivity contribution in [2.24, 2.45) is 0 Å². The number of rotatable bonds is 7. The standard InChI is InChI=1S/C9H13F3N4O2S/c1-2-13-8-16-15-7(19-8)6(17)14-3-4-18-5-9(10,11)12/h2-5H2,1H3,(H,13,16)(H,14,17). The number of anilines is 1. The van der Waals surface area contributed by atoms with Crippen LogP contribution in [0.4, 0.5) is 18.3 Å². The molecule has 0 radical (unpaired) electrons. The predicted molar refractivity (Wildman–Crippen MR) is 63.3 cm³/mol. The van der Waals surface area contributed by atoms with E-state index in [1.54, 1.807) is 0 Å². The van der Waals surface area contributed by atoms with Crippen molar-refractivity contribution < 1.29 is 22.7 Å². The summed E-state index contributed by atoms with van der Waals surface area (Å²) < 4.78 is 39.6. The molecule has 1 aromatic heterocycles. The minimum absolute atomic E-state index is 0.0228. The number of nitrogens with one attached hydrogen (secondary N) is 2. The van der Waals surface area contributed by atoms with E-state index in [1.165, 1.54) is 0 Å². The quantitative estimate of drug-likeness (QED) is 0.742. The van der Waals surface area contributed by atoms with E-state index in [1.807, 2.05) is 6.92 Å². The third-order valence-electron chi connectivity index (χ3n) is 1.74. The van der Waals surface area contributed by atoms with Gasteiger partial charge in [0, 0.05) is 13.1 Å². The Morgan fingerprint density at radius 3 is 2.79 bits per heavy atom. The summed E-state index contributed by atoms with van der Waals surface area (Å²) in [6.07, 6.45) is -4.36. The van der Waals surface area contributed by atoms with Gasteiger partial charge in [-0.05, 0) is 6.92 Å². The van der Waals surface area contributed by atoms with E-state index in [2.05, 4.69) is 25.6 Å². The highest BCUT2D eigenvalue weighted by Crippen LogP contribution is 2.15. The van der Waals surface area contributed by atoms with Crippen LogP contribution in [0.25, 0.3) is 0 Å². The molecule has 0 unspecified atom stereocenters. The lowest BCUT2D eigenvalue weighted by Crippen LogP contribution is -2.28. The number of ether oxygens (including phenoxy) is 1. The maximum Gasteiger partial charge on any atom is 0.411 e. The molecular weight excluding hydrogens is 285 g/mol. The van der Waals surface area contributed by atoms with Gasteiger partial charge in [-0.2, -0.15) is 13.2 Å². The normalized spacial score (nSPS) is 11.4. The van der Waals surface area contributed by atoms with Gasteiger partial charge in [0.2, 0.25) is 10.1 Å². The number of carbonyl (C=O) groups excluding carboxylic acids is 1. The van der Waals surface area contributed by atoms with Crippen LogP contribution in [-0.4, -0.2) is 48.6 Å². The van der Waals surface area contributed by atoms with Crippen molar-refractivity contribution in [3.8, 4) is 0 Å². The second-order valence-corrected chi connectivity index (χ2v) is 4.34. The summed E-state index contributed by atoms with van der Waals surface area (Å²) >= 11 is 1.07. The van der Waals surface area contributed by atoms with Crippen molar-refractivity contribution in [1.29, 1.82) is 0 Å². The first kappa shape index (κ1) is 15.6. The van der Waals surface area contributed by atoms with Crippen LogP contribution in [0.5, 0.6) is 0 Å². The smallest absolute Gasteiger partial charge is 0.370 e. The van der Waals surface area contributed by atoms with Crippen LogP contribution in [0, 0.1) is 0 Å². The molecule has 0 saturated carbocycles. The molecule has 0 aliphatic heterocycles. The minimum atomic E-state index is -4.36. The minimum Gasteiger partial charge on any atom is -0.370 e. The summed E-state index contributed by atoms with van der Waals surface area (Å²) in [4.78, 5) is 11.5. The summed E-state index contributed by atoms with van der Waals surface area (Å²) in [5.41, 5.74) is 0. The fourth-order valence-corrected chi connectivity index (χ4v) is 1.77. The van der Waals surface area contributed by atoms with Gasteiger partial charge in [0.1, 0.15) is 6.61 Å². The van der Waals surface area contributed by atoms with Gasteiger partial charge in [0.05, 0.1) is 6.61 Å². The molecule has 0 aromatic carbocycles. The lowest BCUT2D eigenvalue weighted by atomic mass is 10.6. The van der Waals surface area contributed by atoms with E-state index >= 15 is 0 Å². The first-order valence-electron chi connectivity index (χ1n) is 5.42. The third-order valence-corrected chi connectivity index (χ3v) is 2.62. The molecule has 0 atom stereocenters. The van der Waals surface area contributed by atoms with Gasteiger partial charge in [-0.15, -0.1) is 10.2 Å². The van der Waals surface area contributed by atoms with Crippen molar-refractivity contribution in [3.63, 3.8) is 0 Å². The maximum absolute atomic E-state index is 11.7. The number of hydrogen-bond acceptors (Lipinski definition) is 6. The van der Waals surface area contributed by atoms with E-state index < -0.39 is 18.7 Å². The highest BCUT2D eigenvalue weighted by atomic mass is 32.1. The van der Waals surface area contributed by atoms with Gasteiger partial charge in [-0.25, -0.2) is 0 Å². The molecule has 1 heterocycles. The molecular formula is C9H13F3N4O2S. The molecule has 1 rings (SSSR count). The average Bonchev–Trinajstić information content (AvgIpc) is 2.76. The van der Waals surface area contributed by atoms with Crippen molar-refractivity contribution in [3.05, 3.63) is 5.01 Å². The Morgan fingerprint density at radius 1 is 1.42 bits per heavy atom. The second kappa shape index (κ2) is 7.24. The van der Waals surface area contributed by atoms with Crippen molar-refractivity contribution >= 4 is 22.4 Å². The van der Waals surface area contributed by atoms with E-state index in [0.29, 0.717) is 11.7 Å². The lowest BCUT2D eigenvalue weighted by molar-refractivity contribution is -0.173. The first-order valence-corrected chi connectivity index (χ1v) is 6.24. The maximum atomic E-state index is 11.7. The topological polar surface area (TPSA) is 76.1 Å². The first-order chi connectivity index (χ1) is 8.92. The number of carbonyl (C=O) groups is 1. The Bertz CT molecular complexity index is 410. The average molecular weight is 298 g/mol. The van der Waals surface area contributed by atoms with Crippen LogP contribution in [0.15, 0.2) is 0 Å². The van der Waals surface area contributed by atoms with Gasteiger partial charge in [0.15, 0.2) is 0 Å². The Morgan fingerprint density at radius 2 is 2.16 bits per heavy atom. The van der Waals surface area contributed by atoms with Crippen LogP contribution in [0.1, 0.15) is 16.7 Å². The van der Waals surface area contributed by atoms with Crippen molar-refractivity contribution in [2.75, 3.05) is 31.6 Å². The van der Waals surface area contributed by atoms with Crippen LogP contribution >= 0.6 is 11.3 Å². The molecule has 0 saturated heterocycles. The molecule has 19 heavy (non-hydrogen) atoms. The summed E-state index contributed by atoms with van der Waals surface area (Å²) in [7, 11) is 0. The zero-order valence-corrected chi connectivity index (χ0v) is 10.9. The zero-order chi connectivity index (χ0) is 14.3. The summed E-state index contributed by atoms with van der Waals surface area (Å²) in [5, 5.41) is 13.3. The number of alkyl halides is 3. The SMILES string of the molecule is CCNc1nnc(C(=O)NCCOCC(F)(F)F)s1. The second-order valence-electron chi connectivity index (χ2n) is 3.37. The Labute approximate surface area is 111 Å². The van der Waals surface area contributed by atoms with Crippen LogP contribution in [0.2, 0.25) is 0 Å². The number of nitrogens with zero attached hydrogens (tertiary/aromatic N) is 2. The monoisotopic (exact) mass is 298 g/mol. The molecule has 2 N–H and O–H groups in total. The van der Waals surface area contributed by atoms with E-state index in [9.17, 15) is 18.0 Å². The summed E-state index contributed by atoms with van der Waals surface area (Å²) in [6, 6.07) is 0. The number of hydrogen-bond donors (Lipinski definition) is 2. The highest BCUT2D eigenvalue weighted by Gasteiger charge is 2.27. The number of halogens is 3. The van der Waals surface area contributed by atoms with Gasteiger partial charge in [0.25, 0.3) is 5.91 Å². The Hall–Kier alpha value is -1.42. The fourth-order valence-electron chi connectivity index (χ4n) is 1.04. The summed E-state index contributed by atoms with van der Waals surface area (Å²) in [5.74, 6) is -0.489. The molecule has 1 amide bonds. The molecule has 0 fully saturated rings. The lowest BCUT2D eigenvalue weighted by Gasteiger charge is -2.07. The van der Waals surface area contributed by atoms with Crippen LogP contribution < -0.4 is 10.6 Å². The molecule has 0 aliphatic carbocycles. The highest BCUT2D eigenvalue weighted by molar-refractivity contribution is 7.17. The van der Waals surface area contributed by atoms with E-state index in [-0.39, 0.29) is 18.2 Å². The van der Waals surface area contributed by atoms with Gasteiger partial charge in [-0.1, -0.05) is 11.3 Å². The molecule has 0 aliphatic rings. The number of aromatic nitrogens is 2. The molecule has 10 heteroatoms. The number of amides is 1. The van der Waals surface area contributed by atoms with Crippen LogP contribution in [0.3, 0.4) is 0 Å².